The van der Waals surface area contributed by atoms with E-state index in [0.29, 0.717) is 10.9 Å². The minimum atomic E-state index is -2.52. The second-order valence-corrected chi connectivity index (χ2v) is 3.65. The van der Waals surface area contributed by atoms with E-state index < -0.39 is 6.43 Å². The third-order valence-corrected chi connectivity index (χ3v) is 2.67. The van der Waals surface area contributed by atoms with Crippen LogP contribution in [-0.2, 0) is 0 Å². The molecule has 80 valence electrons. The summed E-state index contributed by atoms with van der Waals surface area (Å²) in [6.45, 7) is 0. The molecule has 1 N–H and O–H groups in total. The molecule has 0 saturated carbocycles. The molecule has 4 heteroatoms. The Morgan fingerprint density at radius 2 is 1.75 bits per heavy atom. The lowest BCUT2D eigenvalue weighted by Gasteiger charge is -1.98. The summed E-state index contributed by atoms with van der Waals surface area (Å²) in [4.78, 5) is 0. The summed E-state index contributed by atoms with van der Waals surface area (Å²) in [5.41, 5.74) is 0.467. The van der Waals surface area contributed by atoms with Crippen LogP contribution in [0.2, 0.25) is 0 Å². The molecule has 2 aromatic carbocycles. The zero-order valence-electron chi connectivity index (χ0n) is 8.24. The summed E-state index contributed by atoms with van der Waals surface area (Å²) < 4.78 is 25.3. The molecule has 0 aliphatic rings. The van der Waals surface area contributed by atoms with E-state index in [1.807, 2.05) is 30.3 Å². The Labute approximate surface area is 89.9 Å². The van der Waals surface area contributed by atoms with Crippen LogP contribution in [0, 0.1) is 0 Å². The van der Waals surface area contributed by atoms with E-state index in [1.165, 1.54) is 0 Å². The molecule has 16 heavy (non-hydrogen) atoms. The van der Waals surface area contributed by atoms with Gasteiger partial charge in [-0.25, -0.2) is 8.78 Å². The molecule has 0 unspecified atom stereocenters. The summed E-state index contributed by atoms with van der Waals surface area (Å²) in [5.74, 6) is 0. The molecule has 3 rings (SSSR count). The van der Waals surface area contributed by atoms with Gasteiger partial charge in [0.15, 0.2) is 0 Å². The molecule has 1 aromatic heterocycles. The molecule has 0 bridgehead atoms. The number of H-pyrrole nitrogens is 1. The summed E-state index contributed by atoms with van der Waals surface area (Å²) in [5, 5.41) is 8.71. The molecule has 0 fully saturated rings. The van der Waals surface area contributed by atoms with Crippen LogP contribution in [-0.4, -0.2) is 10.2 Å². The number of rotatable bonds is 1. The molecule has 0 atom stereocenters. The number of benzene rings is 2. The van der Waals surface area contributed by atoms with Crippen LogP contribution in [0.1, 0.15) is 12.1 Å². The number of nitrogens with one attached hydrogen (secondary N) is 1. The monoisotopic (exact) mass is 218 g/mol. The van der Waals surface area contributed by atoms with Crippen molar-refractivity contribution in [1.29, 1.82) is 0 Å². The number of halogens is 2. The fourth-order valence-corrected chi connectivity index (χ4v) is 1.88. The maximum atomic E-state index is 12.7. The summed E-state index contributed by atoms with van der Waals surface area (Å²) in [7, 11) is 0. The van der Waals surface area contributed by atoms with Gasteiger partial charge in [-0.05, 0) is 22.9 Å². The summed E-state index contributed by atoms with van der Waals surface area (Å²) in [6, 6.07) is 11.2. The van der Waals surface area contributed by atoms with Gasteiger partial charge < -0.3 is 0 Å². The maximum absolute atomic E-state index is 12.7. The number of hydrogen-bond acceptors (Lipinski definition) is 1. The highest BCUT2D eigenvalue weighted by Crippen LogP contribution is 2.28. The molecule has 0 aliphatic heterocycles. The predicted molar refractivity (Wildman–Crippen MR) is 58.6 cm³/mol. The first kappa shape index (κ1) is 9.27. The van der Waals surface area contributed by atoms with Crippen molar-refractivity contribution < 1.29 is 8.78 Å². The van der Waals surface area contributed by atoms with Crippen LogP contribution in [0.3, 0.4) is 0 Å². The summed E-state index contributed by atoms with van der Waals surface area (Å²) >= 11 is 0. The van der Waals surface area contributed by atoms with Crippen LogP contribution in [0.25, 0.3) is 21.7 Å². The van der Waals surface area contributed by atoms with Crippen molar-refractivity contribution in [3.05, 3.63) is 42.1 Å². The van der Waals surface area contributed by atoms with Gasteiger partial charge in [-0.1, -0.05) is 24.3 Å². The van der Waals surface area contributed by atoms with Crippen molar-refractivity contribution in [2.24, 2.45) is 0 Å². The van der Waals surface area contributed by atoms with Gasteiger partial charge in [0.2, 0.25) is 0 Å². The minimum absolute atomic E-state index is 0.110. The van der Waals surface area contributed by atoms with E-state index >= 15 is 0 Å². The molecular formula is C12H8F2N2. The Morgan fingerprint density at radius 1 is 1.06 bits per heavy atom. The highest BCUT2D eigenvalue weighted by Gasteiger charge is 2.14. The third-order valence-electron chi connectivity index (χ3n) is 2.67. The Bertz CT molecular complexity index is 658. The van der Waals surface area contributed by atoms with E-state index in [0.717, 1.165) is 10.8 Å². The lowest BCUT2D eigenvalue weighted by Crippen LogP contribution is -1.84. The number of hydrogen-bond donors (Lipinski definition) is 1. The number of fused-ring (bicyclic) bond motifs is 2. The van der Waals surface area contributed by atoms with Gasteiger partial charge in [0.1, 0.15) is 5.69 Å². The highest BCUT2D eigenvalue weighted by molar-refractivity contribution is 5.97. The van der Waals surface area contributed by atoms with Crippen molar-refractivity contribution in [1.82, 2.24) is 10.2 Å². The van der Waals surface area contributed by atoms with Crippen LogP contribution >= 0.6 is 0 Å². The molecule has 0 aliphatic carbocycles. The van der Waals surface area contributed by atoms with E-state index in [2.05, 4.69) is 10.2 Å². The van der Waals surface area contributed by atoms with Crippen LogP contribution in [0.5, 0.6) is 0 Å². The van der Waals surface area contributed by atoms with Crippen molar-refractivity contribution >= 4 is 21.7 Å². The van der Waals surface area contributed by atoms with Gasteiger partial charge in [-0.2, -0.15) is 5.10 Å². The minimum Gasteiger partial charge on any atom is -0.276 e. The van der Waals surface area contributed by atoms with Gasteiger partial charge in [0, 0.05) is 5.39 Å². The standard InChI is InChI=1S/C12H8F2N2/c13-12(14)11-9-5-7-3-1-2-4-8(7)6-10(9)15-16-11/h1-6,12H,(H,15,16). The maximum Gasteiger partial charge on any atom is 0.280 e. The second-order valence-electron chi connectivity index (χ2n) is 3.65. The van der Waals surface area contributed by atoms with Crippen LogP contribution in [0.15, 0.2) is 36.4 Å². The Morgan fingerprint density at radius 3 is 2.44 bits per heavy atom. The molecule has 3 aromatic rings. The molecule has 0 spiro atoms. The smallest absolute Gasteiger partial charge is 0.276 e. The first-order valence-corrected chi connectivity index (χ1v) is 4.90. The van der Waals surface area contributed by atoms with Crippen molar-refractivity contribution in [3.8, 4) is 0 Å². The average molecular weight is 218 g/mol. The number of nitrogens with zero attached hydrogens (tertiary/aromatic N) is 1. The quantitative estimate of drug-likeness (QED) is 0.663. The Balaban J connectivity index is 2.40. The van der Waals surface area contributed by atoms with Gasteiger partial charge in [0.25, 0.3) is 6.43 Å². The third kappa shape index (κ3) is 1.26. The molecule has 0 radical (unpaired) electrons. The molecular weight excluding hydrogens is 210 g/mol. The lowest BCUT2D eigenvalue weighted by atomic mass is 10.1. The first-order chi connectivity index (χ1) is 7.75. The molecule has 1 heterocycles. The van der Waals surface area contributed by atoms with E-state index in [4.69, 9.17) is 0 Å². The highest BCUT2D eigenvalue weighted by atomic mass is 19.3. The number of aromatic amines is 1. The fraction of sp³-hybridized carbons (Fsp3) is 0.0833. The SMILES string of the molecule is FC(F)c1[nH]nc2cc3ccccc3cc12. The van der Waals surface area contributed by atoms with Crippen LogP contribution < -0.4 is 0 Å². The Kier molecular flexibility index (Phi) is 1.89. The lowest BCUT2D eigenvalue weighted by molar-refractivity contribution is 0.147. The summed E-state index contributed by atoms with van der Waals surface area (Å²) in [6.07, 6.45) is -2.52. The second kappa shape index (κ2) is 3.27. The molecule has 2 nitrogen and oxygen atoms in total. The topological polar surface area (TPSA) is 28.7 Å². The zero-order valence-corrected chi connectivity index (χ0v) is 8.24. The predicted octanol–water partition coefficient (Wildman–Crippen LogP) is 3.65. The van der Waals surface area contributed by atoms with E-state index in [1.54, 1.807) is 6.07 Å². The normalized spacial score (nSPS) is 11.7. The van der Waals surface area contributed by atoms with Crippen molar-refractivity contribution in [2.75, 3.05) is 0 Å². The average Bonchev–Trinajstić information content (AvgIpc) is 2.68. The largest absolute Gasteiger partial charge is 0.280 e. The van der Waals surface area contributed by atoms with Crippen molar-refractivity contribution in [3.63, 3.8) is 0 Å². The van der Waals surface area contributed by atoms with E-state index in [9.17, 15) is 8.78 Å². The van der Waals surface area contributed by atoms with Crippen molar-refractivity contribution in [2.45, 2.75) is 6.43 Å². The molecule has 0 saturated heterocycles. The number of alkyl halides is 2. The Hall–Kier alpha value is -1.97. The van der Waals surface area contributed by atoms with Gasteiger partial charge in [0.05, 0.1) is 5.52 Å². The van der Waals surface area contributed by atoms with E-state index in [-0.39, 0.29) is 5.69 Å². The van der Waals surface area contributed by atoms with Gasteiger partial charge >= 0.3 is 0 Å². The fourth-order valence-electron chi connectivity index (χ4n) is 1.88. The molecule has 0 amide bonds. The van der Waals surface area contributed by atoms with Crippen LogP contribution in [0.4, 0.5) is 8.78 Å². The number of aromatic nitrogens is 2. The van der Waals surface area contributed by atoms with Gasteiger partial charge in [-0.15, -0.1) is 0 Å². The first-order valence-electron chi connectivity index (χ1n) is 4.90. The zero-order chi connectivity index (χ0) is 11.1. The van der Waals surface area contributed by atoms with Gasteiger partial charge in [-0.3, -0.25) is 5.10 Å².